The SMILES string of the molecule is C=CCOCC(CC)(CO)CCO. The predicted molar refractivity (Wildman–Crippen MR) is 52.5 cm³/mol. The highest BCUT2D eigenvalue weighted by atomic mass is 16.5. The van der Waals surface area contributed by atoms with E-state index in [-0.39, 0.29) is 18.6 Å². The van der Waals surface area contributed by atoms with E-state index in [1.807, 2.05) is 6.92 Å². The Kier molecular flexibility index (Phi) is 6.86. The van der Waals surface area contributed by atoms with E-state index in [2.05, 4.69) is 6.58 Å². The quantitative estimate of drug-likeness (QED) is 0.440. The average molecular weight is 188 g/mol. The molecule has 0 aromatic heterocycles. The molecule has 0 aliphatic rings. The first-order chi connectivity index (χ1) is 6.24. The zero-order valence-electron chi connectivity index (χ0n) is 8.33. The molecule has 13 heavy (non-hydrogen) atoms. The third kappa shape index (κ3) is 4.41. The molecule has 0 saturated carbocycles. The lowest BCUT2D eigenvalue weighted by Crippen LogP contribution is -2.31. The molecule has 0 aliphatic carbocycles. The molecule has 0 amide bonds. The molecule has 3 heteroatoms. The van der Waals surface area contributed by atoms with Crippen molar-refractivity contribution in [3.8, 4) is 0 Å². The van der Waals surface area contributed by atoms with Crippen LogP contribution >= 0.6 is 0 Å². The predicted octanol–water partition coefficient (Wildman–Crippen LogP) is 0.960. The summed E-state index contributed by atoms with van der Waals surface area (Å²) in [6.45, 7) is 6.65. The van der Waals surface area contributed by atoms with Crippen LogP contribution in [-0.4, -0.2) is 36.6 Å². The van der Waals surface area contributed by atoms with Gasteiger partial charge in [0.2, 0.25) is 0 Å². The highest BCUT2D eigenvalue weighted by Crippen LogP contribution is 2.25. The molecule has 0 aromatic carbocycles. The third-order valence-electron chi connectivity index (χ3n) is 2.37. The molecule has 0 spiro atoms. The molecule has 78 valence electrons. The van der Waals surface area contributed by atoms with Crippen LogP contribution in [-0.2, 0) is 4.74 Å². The first-order valence-electron chi connectivity index (χ1n) is 4.65. The summed E-state index contributed by atoms with van der Waals surface area (Å²) in [5, 5.41) is 18.0. The zero-order chi connectivity index (χ0) is 10.2. The topological polar surface area (TPSA) is 49.7 Å². The van der Waals surface area contributed by atoms with Gasteiger partial charge in [-0.2, -0.15) is 0 Å². The molecule has 2 N–H and O–H groups in total. The average Bonchev–Trinajstić information content (AvgIpc) is 2.17. The zero-order valence-corrected chi connectivity index (χ0v) is 8.33. The van der Waals surface area contributed by atoms with Gasteiger partial charge in [0.1, 0.15) is 0 Å². The number of hydrogen-bond donors (Lipinski definition) is 2. The minimum atomic E-state index is -0.280. The first-order valence-corrected chi connectivity index (χ1v) is 4.65. The largest absolute Gasteiger partial charge is 0.396 e. The number of rotatable bonds is 8. The summed E-state index contributed by atoms with van der Waals surface area (Å²) in [7, 11) is 0. The van der Waals surface area contributed by atoms with E-state index >= 15 is 0 Å². The lowest BCUT2D eigenvalue weighted by atomic mass is 9.84. The molecule has 0 radical (unpaired) electrons. The fraction of sp³-hybridized carbons (Fsp3) is 0.800. The van der Waals surface area contributed by atoms with Crippen molar-refractivity contribution in [2.75, 3.05) is 26.4 Å². The van der Waals surface area contributed by atoms with Gasteiger partial charge in [-0.3, -0.25) is 0 Å². The molecule has 0 bridgehead atoms. The van der Waals surface area contributed by atoms with E-state index in [4.69, 9.17) is 9.84 Å². The minimum Gasteiger partial charge on any atom is -0.396 e. The van der Waals surface area contributed by atoms with E-state index < -0.39 is 0 Å². The van der Waals surface area contributed by atoms with Gasteiger partial charge < -0.3 is 14.9 Å². The summed E-state index contributed by atoms with van der Waals surface area (Å²) in [4.78, 5) is 0. The maximum absolute atomic E-state index is 9.19. The summed E-state index contributed by atoms with van der Waals surface area (Å²) in [5.74, 6) is 0. The van der Waals surface area contributed by atoms with Gasteiger partial charge in [-0.15, -0.1) is 6.58 Å². The lowest BCUT2D eigenvalue weighted by molar-refractivity contribution is -0.00188. The van der Waals surface area contributed by atoms with Crippen LogP contribution in [0.5, 0.6) is 0 Å². The van der Waals surface area contributed by atoms with Gasteiger partial charge in [0.15, 0.2) is 0 Å². The van der Waals surface area contributed by atoms with Crippen molar-refractivity contribution < 1.29 is 14.9 Å². The second kappa shape index (κ2) is 7.06. The Morgan fingerprint density at radius 2 is 2.15 bits per heavy atom. The molecule has 0 aromatic rings. The number of hydrogen-bond acceptors (Lipinski definition) is 3. The van der Waals surface area contributed by atoms with Crippen LogP contribution in [0.3, 0.4) is 0 Å². The smallest absolute Gasteiger partial charge is 0.0645 e. The van der Waals surface area contributed by atoms with Crippen LogP contribution in [0.15, 0.2) is 12.7 Å². The Hall–Kier alpha value is -0.380. The Labute approximate surface area is 80.0 Å². The fourth-order valence-corrected chi connectivity index (χ4v) is 1.18. The van der Waals surface area contributed by atoms with Crippen LogP contribution < -0.4 is 0 Å². The van der Waals surface area contributed by atoms with E-state index in [9.17, 15) is 5.11 Å². The van der Waals surface area contributed by atoms with Crippen molar-refractivity contribution in [1.29, 1.82) is 0 Å². The first kappa shape index (κ1) is 12.6. The number of aliphatic hydroxyl groups excluding tert-OH is 2. The summed E-state index contributed by atoms with van der Waals surface area (Å²) < 4.78 is 5.29. The van der Waals surface area contributed by atoms with E-state index in [1.165, 1.54) is 0 Å². The monoisotopic (exact) mass is 188 g/mol. The summed E-state index contributed by atoms with van der Waals surface area (Å²) in [6.07, 6.45) is 3.06. The highest BCUT2D eigenvalue weighted by molar-refractivity contribution is 4.77. The van der Waals surface area contributed by atoms with Crippen molar-refractivity contribution in [2.45, 2.75) is 19.8 Å². The maximum atomic E-state index is 9.19. The van der Waals surface area contributed by atoms with Crippen molar-refractivity contribution >= 4 is 0 Å². The molecule has 1 unspecified atom stereocenters. The maximum Gasteiger partial charge on any atom is 0.0645 e. The Morgan fingerprint density at radius 3 is 2.54 bits per heavy atom. The van der Waals surface area contributed by atoms with Crippen LogP contribution in [0.4, 0.5) is 0 Å². The molecule has 0 fully saturated rings. The molecular formula is C10H20O3. The van der Waals surface area contributed by atoms with Crippen LogP contribution in [0.1, 0.15) is 19.8 Å². The van der Waals surface area contributed by atoms with Gasteiger partial charge in [0.25, 0.3) is 0 Å². The van der Waals surface area contributed by atoms with Crippen molar-refractivity contribution in [3.63, 3.8) is 0 Å². The normalized spacial score (nSPS) is 15.3. The summed E-state index contributed by atoms with van der Waals surface area (Å²) in [5.41, 5.74) is -0.280. The molecule has 3 nitrogen and oxygen atoms in total. The van der Waals surface area contributed by atoms with E-state index in [1.54, 1.807) is 6.08 Å². The molecule has 1 atom stereocenters. The van der Waals surface area contributed by atoms with Crippen LogP contribution in [0.25, 0.3) is 0 Å². The molecular weight excluding hydrogens is 168 g/mol. The van der Waals surface area contributed by atoms with Crippen LogP contribution in [0, 0.1) is 5.41 Å². The Morgan fingerprint density at radius 1 is 1.46 bits per heavy atom. The van der Waals surface area contributed by atoms with Crippen molar-refractivity contribution in [1.82, 2.24) is 0 Å². The molecule has 0 saturated heterocycles. The standard InChI is InChI=1S/C10H20O3/c1-3-7-13-9-10(4-2,8-12)5-6-11/h3,11-12H,1,4-9H2,2H3. The minimum absolute atomic E-state index is 0.0567. The Bertz CT molecular complexity index is 130. The summed E-state index contributed by atoms with van der Waals surface area (Å²) in [6, 6.07) is 0. The van der Waals surface area contributed by atoms with Gasteiger partial charge in [-0.25, -0.2) is 0 Å². The van der Waals surface area contributed by atoms with Gasteiger partial charge in [-0.05, 0) is 12.8 Å². The highest BCUT2D eigenvalue weighted by Gasteiger charge is 2.26. The third-order valence-corrected chi connectivity index (χ3v) is 2.37. The molecule has 0 rings (SSSR count). The van der Waals surface area contributed by atoms with Crippen molar-refractivity contribution in [2.24, 2.45) is 5.41 Å². The lowest BCUT2D eigenvalue weighted by Gasteiger charge is -2.29. The number of ether oxygens (including phenoxy) is 1. The number of aliphatic hydroxyl groups is 2. The molecule has 0 aliphatic heterocycles. The summed E-state index contributed by atoms with van der Waals surface area (Å²) >= 11 is 0. The van der Waals surface area contributed by atoms with Gasteiger partial charge >= 0.3 is 0 Å². The van der Waals surface area contributed by atoms with E-state index in [0.29, 0.717) is 19.6 Å². The van der Waals surface area contributed by atoms with Gasteiger partial charge in [0, 0.05) is 12.0 Å². The van der Waals surface area contributed by atoms with Crippen LogP contribution in [0.2, 0.25) is 0 Å². The second-order valence-corrected chi connectivity index (χ2v) is 3.29. The Balaban J connectivity index is 3.96. The molecule has 0 heterocycles. The van der Waals surface area contributed by atoms with Gasteiger partial charge in [-0.1, -0.05) is 13.0 Å². The van der Waals surface area contributed by atoms with Crippen molar-refractivity contribution in [3.05, 3.63) is 12.7 Å². The second-order valence-electron chi connectivity index (χ2n) is 3.29. The van der Waals surface area contributed by atoms with E-state index in [0.717, 1.165) is 6.42 Å². The van der Waals surface area contributed by atoms with Gasteiger partial charge in [0.05, 0.1) is 19.8 Å². The fourth-order valence-electron chi connectivity index (χ4n) is 1.18.